The van der Waals surface area contributed by atoms with E-state index in [4.69, 9.17) is 0 Å². The van der Waals surface area contributed by atoms with Gasteiger partial charge >= 0.3 is 0 Å². The van der Waals surface area contributed by atoms with E-state index in [9.17, 15) is 9.59 Å². The van der Waals surface area contributed by atoms with Gasteiger partial charge in [0.15, 0.2) is 0 Å². The van der Waals surface area contributed by atoms with Crippen molar-refractivity contribution in [2.75, 3.05) is 11.4 Å². The highest BCUT2D eigenvalue weighted by molar-refractivity contribution is 6.18. The fraction of sp³-hybridized carbons (Fsp3) is 0.529. The fourth-order valence-corrected chi connectivity index (χ4v) is 3.37. The van der Waals surface area contributed by atoms with Gasteiger partial charge in [-0.3, -0.25) is 14.5 Å². The highest BCUT2D eigenvalue weighted by atomic mass is 16.2. The smallest absolute Gasteiger partial charge is 0.236 e. The van der Waals surface area contributed by atoms with Gasteiger partial charge in [0.1, 0.15) is 0 Å². The molecular formula is C17H22N2O2. The van der Waals surface area contributed by atoms with Gasteiger partial charge in [0, 0.05) is 18.4 Å². The fourth-order valence-electron chi connectivity index (χ4n) is 3.37. The molecule has 2 aliphatic rings. The first-order valence-electron chi connectivity index (χ1n) is 7.88. The third-order valence-electron chi connectivity index (χ3n) is 4.50. The molecule has 1 aliphatic heterocycles. The predicted molar refractivity (Wildman–Crippen MR) is 81.8 cm³/mol. The number of nitrogens with one attached hydrogen (secondary N) is 1. The molecule has 2 atom stereocenters. The molecule has 1 N–H and O–H groups in total. The number of hydrogen-bond acceptors (Lipinski definition) is 3. The van der Waals surface area contributed by atoms with Crippen LogP contribution in [0.3, 0.4) is 0 Å². The zero-order valence-electron chi connectivity index (χ0n) is 12.5. The lowest BCUT2D eigenvalue weighted by Gasteiger charge is -2.29. The van der Waals surface area contributed by atoms with Gasteiger partial charge in [-0.15, -0.1) is 0 Å². The van der Waals surface area contributed by atoms with E-state index in [0.717, 1.165) is 50.0 Å². The minimum Gasteiger partial charge on any atom is -0.313 e. The lowest BCUT2D eigenvalue weighted by molar-refractivity contribution is -0.132. The number of carbonyl (C=O) groups is 2. The van der Waals surface area contributed by atoms with E-state index >= 15 is 0 Å². The molecule has 2 bridgehead atoms. The first kappa shape index (κ1) is 14.3. The Morgan fingerprint density at radius 2 is 1.90 bits per heavy atom. The summed E-state index contributed by atoms with van der Waals surface area (Å²) in [5, 5.41) is 3.35. The van der Waals surface area contributed by atoms with Crippen molar-refractivity contribution in [2.24, 2.45) is 11.8 Å². The third kappa shape index (κ3) is 2.72. The topological polar surface area (TPSA) is 49.4 Å². The standard InChI is InChI=1S/C17H22N2O2/c1-2-8-18-11-12-4-3-5-15(9-12)19-16(20)13-6-7-14(10-13)17(19)21/h3-5,9,13-14,18H,2,6-8,10-11H2,1H3. The van der Waals surface area contributed by atoms with Crippen molar-refractivity contribution in [1.29, 1.82) is 0 Å². The molecule has 2 fully saturated rings. The van der Waals surface area contributed by atoms with Crippen molar-refractivity contribution in [3.8, 4) is 0 Å². The first-order valence-corrected chi connectivity index (χ1v) is 7.88. The van der Waals surface area contributed by atoms with E-state index < -0.39 is 0 Å². The minimum absolute atomic E-state index is 0.00702. The maximum atomic E-state index is 12.5. The highest BCUT2D eigenvalue weighted by Gasteiger charge is 2.45. The van der Waals surface area contributed by atoms with Gasteiger partial charge in [0.25, 0.3) is 0 Å². The normalized spacial score (nSPS) is 24.7. The molecule has 2 amide bonds. The number of amides is 2. The Balaban J connectivity index is 1.81. The average Bonchev–Trinajstić information content (AvgIpc) is 2.93. The van der Waals surface area contributed by atoms with Gasteiger partial charge in [0.2, 0.25) is 11.8 Å². The molecule has 4 heteroatoms. The molecule has 4 nitrogen and oxygen atoms in total. The highest BCUT2D eigenvalue weighted by Crippen LogP contribution is 2.40. The molecule has 0 aromatic heterocycles. The number of rotatable bonds is 5. The Hall–Kier alpha value is -1.68. The molecule has 21 heavy (non-hydrogen) atoms. The van der Waals surface area contributed by atoms with E-state index in [1.54, 1.807) is 0 Å². The summed E-state index contributed by atoms with van der Waals surface area (Å²) in [5.74, 6) is 0.0870. The van der Waals surface area contributed by atoms with Crippen molar-refractivity contribution < 1.29 is 9.59 Å². The molecule has 1 heterocycles. The summed E-state index contributed by atoms with van der Waals surface area (Å²) >= 11 is 0. The summed E-state index contributed by atoms with van der Waals surface area (Å²) in [5.41, 5.74) is 1.84. The van der Waals surface area contributed by atoms with E-state index in [1.165, 1.54) is 4.90 Å². The first-order chi connectivity index (χ1) is 10.2. The van der Waals surface area contributed by atoms with Crippen LogP contribution in [0.25, 0.3) is 0 Å². The number of benzene rings is 1. The minimum atomic E-state index is -0.00702. The molecule has 3 rings (SSSR count). The largest absolute Gasteiger partial charge is 0.313 e. The van der Waals surface area contributed by atoms with E-state index in [-0.39, 0.29) is 23.7 Å². The van der Waals surface area contributed by atoms with Crippen molar-refractivity contribution in [1.82, 2.24) is 5.32 Å². The lowest BCUT2D eigenvalue weighted by atomic mass is 9.96. The maximum absolute atomic E-state index is 12.5. The van der Waals surface area contributed by atoms with Crippen molar-refractivity contribution in [2.45, 2.75) is 39.2 Å². The molecule has 0 spiro atoms. The van der Waals surface area contributed by atoms with Crippen LogP contribution >= 0.6 is 0 Å². The Morgan fingerprint density at radius 1 is 1.19 bits per heavy atom. The molecule has 1 saturated carbocycles. The van der Waals surface area contributed by atoms with E-state index in [1.807, 2.05) is 24.3 Å². The molecule has 1 saturated heterocycles. The van der Waals surface area contributed by atoms with Crippen LogP contribution in [-0.4, -0.2) is 18.4 Å². The van der Waals surface area contributed by atoms with Gasteiger partial charge in [-0.05, 0) is 49.9 Å². The number of anilines is 1. The summed E-state index contributed by atoms with van der Waals surface area (Å²) in [7, 11) is 0. The Kier molecular flexibility index (Phi) is 4.06. The van der Waals surface area contributed by atoms with Crippen molar-refractivity contribution >= 4 is 17.5 Å². The quantitative estimate of drug-likeness (QED) is 0.668. The summed E-state index contributed by atoms with van der Waals surface area (Å²) in [6, 6.07) is 7.78. The van der Waals surface area contributed by atoms with Crippen molar-refractivity contribution in [3.05, 3.63) is 29.8 Å². The third-order valence-corrected chi connectivity index (χ3v) is 4.50. The van der Waals surface area contributed by atoms with Crippen molar-refractivity contribution in [3.63, 3.8) is 0 Å². The average molecular weight is 286 g/mol. The Bertz CT molecular complexity index is 533. The van der Waals surface area contributed by atoms with Crippen LogP contribution in [0.15, 0.2) is 24.3 Å². The van der Waals surface area contributed by atoms with Crippen LogP contribution in [0.5, 0.6) is 0 Å². The van der Waals surface area contributed by atoms with Crippen LogP contribution in [0.1, 0.15) is 38.2 Å². The number of fused-ring (bicyclic) bond motifs is 2. The second-order valence-corrected chi connectivity index (χ2v) is 6.07. The zero-order chi connectivity index (χ0) is 14.8. The summed E-state index contributed by atoms with van der Waals surface area (Å²) < 4.78 is 0. The zero-order valence-corrected chi connectivity index (χ0v) is 12.5. The molecule has 1 aliphatic carbocycles. The Labute approximate surface area is 125 Å². The molecular weight excluding hydrogens is 264 g/mol. The molecule has 0 radical (unpaired) electrons. The molecule has 2 unspecified atom stereocenters. The molecule has 1 aromatic rings. The SMILES string of the molecule is CCCNCc1cccc(N2C(=O)C3CCC(C3)C2=O)c1. The molecule has 1 aromatic carbocycles. The van der Waals surface area contributed by atoms with Crippen LogP contribution in [0.4, 0.5) is 5.69 Å². The monoisotopic (exact) mass is 286 g/mol. The number of carbonyl (C=O) groups excluding carboxylic acids is 2. The second kappa shape index (κ2) is 5.98. The Morgan fingerprint density at radius 3 is 2.57 bits per heavy atom. The second-order valence-electron chi connectivity index (χ2n) is 6.07. The number of nitrogens with zero attached hydrogens (tertiary/aromatic N) is 1. The van der Waals surface area contributed by atoms with Gasteiger partial charge in [-0.2, -0.15) is 0 Å². The van der Waals surface area contributed by atoms with Gasteiger partial charge < -0.3 is 5.32 Å². The van der Waals surface area contributed by atoms with Crippen LogP contribution in [-0.2, 0) is 16.1 Å². The maximum Gasteiger partial charge on any atom is 0.236 e. The van der Waals surface area contributed by atoms with Crippen LogP contribution < -0.4 is 10.2 Å². The van der Waals surface area contributed by atoms with Gasteiger partial charge in [0.05, 0.1) is 5.69 Å². The van der Waals surface area contributed by atoms with Gasteiger partial charge in [-0.1, -0.05) is 19.1 Å². The summed E-state index contributed by atoms with van der Waals surface area (Å²) in [6.45, 7) is 3.87. The summed E-state index contributed by atoms with van der Waals surface area (Å²) in [4.78, 5) is 26.3. The number of imide groups is 1. The number of piperidine rings is 1. The van der Waals surface area contributed by atoms with Crippen LogP contribution in [0, 0.1) is 11.8 Å². The lowest BCUT2D eigenvalue weighted by Crippen LogP contribution is -2.46. The van der Waals surface area contributed by atoms with E-state index in [0.29, 0.717) is 0 Å². The van der Waals surface area contributed by atoms with E-state index in [2.05, 4.69) is 12.2 Å². The summed E-state index contributed by atoms with van der Waals surface area (Å²) in [6.07, 6.45) is 3.57. The predicted octanol–water partition coefficient (Wildman–Crippen LogP) is 2.48. The van der Waals surface area contributed by atoms with Crippen LogP contribution in [0.2, 0.25) is 0 Å². The molecule has 112 valence electrons. The van der Waals surface area contributed by atoms with Gasteiger partial charge in [-0.25, -0.2) is 0 Å². The number of hydrogen-bond donors (Lipinski definition) is 1.